The fraction of sp³-hybridized carbons (Fsp3) is 0.818. The molecule has 0 unspecified atom stereocenters. The topological polar surface area (TPSA) is 99.2 Å². The first-order valence-corrected chi connectivity index (χ1v) is 6.05. The minimum atomic E-state index is -0.792. The molecule has 2 saturated carbocycles. The summed E-state index contributed by atoms with van der Waals surface area (Å²) >= 11 is 0. The molecular formula is C11H19N3O3. The van der Waals surface area contributed by atoms with Crippen molar-refractivity contribution < 1.29 is 15.1 Å². The Bertz CT molecular complexity index is 335. The zero-order valence-corrected chi connectivity index (χ0v) is 9.80. The summed E-state index contributed by atoms with van der Waals surface area (Å²) in [5.74, 6) is -0.0867. The van der Waals surface area contributed by atoms with Crippen LogP contribution >= 0.6 is 0 Å². The number of nitrogens with two attached hydrogens (primary N) is 1. The zero-order valence-electron chi connectivity index (χ0n) is 9.80. The van der Waals surface area contributed by atoms with E-state index >= 15 is 0 Å². The minimum absolute atomic E-state index is 0.00441. The summed E-state index contributed by atoms with van der Waals surface area (Å²) in [6, 6.07) is 0.221. The summed E-state index contributed by atoms with van der Waals surface area (Å²) in [7, 11) is 0. The molecule has 2 aliphatic carbocycles. The van der Waals surface area contributed by atoms with Crippen LogP contribution in [0.2, 0.25) is 0 Å². The average Bonchev–Trinajstić information content (AvgIpc) is 3.05. The van der Waals surface area contributed by atoms with Gasteiger partial charge in [0.25, 0.3) is 0 Å². The molecule has 0 aromatic heterocycles. The summed E-state index contributed by atoms with van der Waals surface area (Å²) in [5.41, 5.74) is 4.81. The molecule has 17 heavy (non-hydrogen) atoms. The average molecular weight is 241 g/mol. The highest BCUT2D eigenvalue weighted by Crippen LogP contribution is 2.48. The number of hydrogen-bond donors (Lipinski definition) is 3. The lowest BCUT2D eigenvalue weighted by Gasteiger charge is -2.39. The molecule has 0 radical (unpaired) electrons. The predicted molar refractivity (Wildman–Crippen MR) is 61.5 cm³/mol. The number of carbonyl (C=O) groups excluding carboxylic acids is 1. The molecule has 6 nitrogen and oxygen atoms in total. The third-order valence-electron chi connectivity index (χ3n) is 3.87. The summed E-state index contributed by atoms with van der Waals surface area (Å²) in [6.07, 6.45) is 4.36. The smallest absolute Gasteiger partial charge is 0.236 e. The SMILES string of the molecule is NC(=NO)C1(C(=O)N(CCO)C2CCC2)CC1. The van der Waals surface area contributed by atoms with E-state index in [9.17, 15) is 4.79 Å². The highest BCUT2D eigenvalue weighted by molar-refractivity contribution is 6.09. The molecule has 0 saturated heterocycles. The van der Waals surface area contributed by atoms with E-state index in [1.54, 1.807) is 4.90 Å². The maximum absolute atomic E-state index is 12.4. The normalized spacial score (nSPS) is 23.0. The molecule has 2 rings (SSSR count). The second-order valence-electron chi connectivity index (χ2n) is 4.87. The van der Waals surface area contributed by atoms with Crippen LogP contribution < -0.4 is 5.73 Å². The number of rotatable bonds is 5. The molecule has 0 aromatic rings. The van der Waals surface area contributed by atoms with E-state index in [-0.39, 0.29) is 24.4 Å². The highest BCUT2D eigenvalue weighted by atomic mass is 16.4. The molecule has 6 heteroatoms. The molecule has 0 spiro atoms. The molecule has 0 aromatic carbocycles. The van der Waals surface area contributed by atoms with Crippen LogP contribution in [-0.4, -0.2) is 46.1 Å². The van der Waals surface area contributed by atoms with Gasteiger partial charge in [-0.05, 0) is 32.1 Å². The Balaban J connectivity index is 2.10. The standard InChI is InChI=1S/C11H19N3O3/c12-9(13-17)11(4-5-11)10(16)14(6-7-15)8-2-1-3-8/h8,15,17H,1-7H2,(H2,12,13). The van der Waals surface area contributed by atoms with Crippen molar-refractivity contribution in [3.05, 3.63) is 0 Å². The minimum Gasteiger partial charge on any atom is -0.409 e. The van der Waals surface area contributed by atoms with E-state index in [1.807, 2.05) is 0 Å². The van der Waals surface area contributed by atoms with Crippen molar-refractivity contribution in [3.8, 4) is 0 Å². The third kappa shape index (κ3) is 1.97. The largest absolute Gasteiger partial charge is 0.409 e. The fourth-order valence-corrected chi connectivity index (χ4v) is 2.33. The van der Waals surface area contributed by atoms with Gasteiger partial charge in [0, 0.05) is 12.6 Å². The lowest BCUT2D eigenvalue weighted by atomic mass is 9.89. The van der Waals surface area contributed by atoms with Gasteiger partial charge in [0.05, 0.1) is 6.61 Å². The van der Waals surface area contributed by atoms with Crippen LogP contribution in [0.15, 0.2) is 5.16 Å². The Morgan fingerprint density at radius 1 is 1.47 bits per heavy atom. The maximum Gasteiger partial charge on any atom is 0.236 e. The number of amides is 1. The van der Waals surface area contributed by atoms with Crippen molar-refractivity contribution in [2.75, 3.05) is 13.2 Å². The van der Waals surface area contributed by atoms with Crippen molar-refractivity contribution >= 4 is 11.7 Å². The molecule has 96 valence electrons. The van der Waals surface area contributed by atoms with E-state index < -0.39 is 5.41 Å². The van der Waals surface area contributed by atoms with Gasteiger partial charge in [0.15, 0.2) is 5.84 Å². The second-order valence-corrected chi connectivity index (χ2v) is 4.87. The lowest BCUT2D eigenvalue weighted by Crippen LogP contribution is -2.51. The van der Waals surface area contributed by atoms with Gasteiger partial charge in [-0.15, -0.1) is 0 Å². The maximum atomic E-state index is 12.4. The van der Waals surface area contributed by atoms with Gasteiger partial charge < -0.3 is 20.9 Å². The molecule has 4 N–H and O–H groups in total. The number of nitrogens with zero attached hydrogens (tertiary/aromatic N) is 2. The lowest BCUT2D eigenvalue weighted by molar-refractivity contribution is -0.139. The van der Waals surface area contributed by atoms with Crippen LogP contribution in [0.25, 0.3) is 0 Å². The van der Waals surface area contributed by atoms with Crippen LogP contribution in [0.3, 0.4) is 0 Å². The summed E-state index contributed by atoms with van der Waals surface area (Å²) < 4.78 is 0. The molecule has 0 atom stereocenters. The number of aliphatic hydroxyl groups excluding tert-OH is 1. The van der Waals surface area contributed by atoms with E-state index in [0.717, 1.165) is 19.3 Å². The van der Waals surface area contributed by atoms with E-state index in [2.05, 4.69) is 5.16 Å². The number of hydrogen-bond acceptors (Lipinski definition) is 4. The number of amidine groups is 1. The first-order chi connectivity index (χ1) is 8.15. The Hall–Kier alpha value is -1.30. The quantitative estimate of drug-likeness (QED) is 0.270. The van der Waals surface area contributed by atoms with Crippen molar-refractivity contribution in [1.29, 1.82) is 0 Å². The molecule has 2 fully saturated rings. The number of oxime groups is 1. The van der Waals surface area contributed by atoms with E-state index in [0.29, 0.717) is 19.4 Å². The first kappa shape index (κ1) is 12.2. The van der Waals surface area contributed by atoms with Gasteiger partial charge in [-0.3, -0.25) is 4.79 Å². The van der Waals surface area contributed by atoms with Gasteiger partial charge in [0.2, 0.25) is 5.91 Å². The Labute approximate surface area is 100 Å². The predicted octanol–water partition coefficient (Wildman–Crippen LogP) is -0.114. The fourth-order valence-electron chi connectivity index (χ4n) is 2.33. The molecular weight excluding hydrogens is 222 g/mol. The van der Waals surface area contributed by atoms with Crippen LogP contribution in [0, 0.1) is 5.41 Å². The van der Waals surface area contributed by atoms with Crippen molar-refractivity contribution in [2.24, 2.45) is 16.3 Å². The number of aliphatic hydroxyl groups is 1. The highest BCUT2D eigenvalue weighted by Gasteiger charge is 2.56. The van der Waals surface area contributed by atoms with E-state index in [4.69, 9.17) is 16.0 Å². The van der Waals surface area contributed by atoms with Crippen LogP contribution in [-0.2, 0) is 4.79 Å². The summed E-state index contributed by atoms with van der Waals surface area (Å²) in [5, 5.41) is 20.7. The van der Waals surface area contributed by atoms with Gasteiger partial charge in [-0.1, -0.05) is 5.16 Å². The zero-order chi connectivity index (χ0) is 12.5. The number of carbonyl (C=O) groups is 1. The molecule has 0 aliphatic heterocycles. The van der Waals surface area contributed by atoms with Gasteiger partial charge in [-0.2, -0.15) is 0 Å². The molecule has 0 heterocycles. The monoisotopic (exact) mass is 241 g/mol. The van der Waals surface area contributed by atoms with E-state index in [1.165, 1.54) is 0 Å². The Kier molecular flexibility index (Phi) is 3.24. The van der Waals surface area contributed by atoms with Crippen LogP contribution in [0.4, 0.5) is 0 Å². The van der Waals surface area contributed by atoms with Crippen molar-refractivity contribution in [1.82, 2.24) is 4.90 Å². The molecule has 2 aliphatic rings. The van der Waals surface area contributed by atoms with Crippen molar-refractivity contribution in [3.63, 3.8) is 0 Å². The molecule has 0 bridgehead atoms. The third-order valence-corrected chi connectivity index (χ3v) is 3.87. The van der Waals surface area contributed by atoms with Crippen LogP contribution in [0.1, 0.15) is 32.1 Å². The Morgan fingerprint density at radius 3 is 2.47 bits per heavy atom. The first-order valence-electron chi connectivity index (χ1n) is 6.05. The second kappa shape index (κ2) is 4.52. The Morgan fingerprint density at radius 2 is 2.12 bits per heavy atom. The summed E-state index contributed by atoms with van der Waals surface area (Å²) in [6.45, 7) is 0.290. The van der Waals surface area contributed by atoms with Gasteiger partial charge in [0.1, 0.15) is 5.41 Å². The van der Waals surface area contributed by atoms with Crippen molar-refractivity contribution in [2.45, 2.75) is 38.1 Å². The summed E-state index contributed by atoms with van der Waals surface area (Å²) in [4.78, 5) is 14.1. The van der Waals surface area contributed by atoms with Gasteiger partial charge in [-0.25, -0.2) is 0 Å². The van der Waals surface area contributed by atoms with Crippen LogP contribution in [0.5, 0.6) is 0 Å². The molecule has 1 amide bonds. The van der Waals surface area contributed by atoms with Gasteiger partial charge >= 0.3 is 0 Å².